The molecule has 1 aromatic heterocycles. The van der Waals surface area contributed by atoms with Crippen LogP contribution in [-0.2, 0) is 20.8 Å². The predicted octanol–water partition coefficient (Wildman–Crippen LogP) is 0.990. The first-order valence-corrected chi connectivity index (χ1v) is 9.29. The second-order valence-corrected chi connectivity index (χ2v) is 7.09. The normalized spacial score (nSPS) is 25.9. The minimum absolute atomic E-state index is 0.0382. The molecular weight excluding hydrogens is 380 g/mol. The molecule has 4 atom stereocenters. The molecule has 0 unspecified atom stereocenters. The quantitative estimate of drug-likeness (QED) is 0.711. The van der Waals surface area contributed by atoms with Crippen molar-refractivity contribution < 1.29 is 14.2 Å². The molecule has 1 aromatic carbocycles. The highest BCUT2D eigenvalue weighted by Gasteiger charge is 2.49. The Morgan fingerprint density at radius 1 is 1.39 bits per heavy atom. The largest absolute Gasteiger partial charge is 0.378 e. The number of anilines is 1. The zero-order chi connectivity index (χ0) is 19.5. The second-order valence-electron chi connectivity index (χ2n) is 6.68. The minimum atomic E-state index is -0.134. The van der Waals surface area contributed by atoms with Crippen LogP contribution in [-0.4, -0.2) is 58.7 Å². The molecule has 2 aromatic rings. The summed E-state index contributed by atoms with van der Waals surface area (Å²) in [6.07, 6.45) is 1.60. The Balaban J connectivity index is 1.36. The van der Waals surface area contributed by atoms with Crippen LogP contribution >= 0.6 is 12.2 Å². The fraction of sp³-hybridized carbons (Fsp3) is 0.444. The molecule has 2 N–H and O–H groups in total. The minimum Gasteiger partial charge on any atom is -0.378 e. The number of aromatic nitrogens is 3. The lowest BCUT2D eigenvalue weighted by Gasteiger charge is -2.20. The Kier molecular flexibility index (Phi) is 5.50. The van der Waals surface area contributed by atoms with Gasteiger partial charge in [-0.1, -0.05) is 11.3 Å². The van der Waals surface area contributed by atoms with E-state index in [0.717, 1.165) is 11.4 Å². The Labute approximate surface area is 167 Å². The van der Waals surface area contributed by atoms with Crippen LogP contribution in [0.15, 0.2) is 30.5 Å². The number of nitriles is 1. The summed E-state index contributed by atoms with van der Waals surface area (Å²) in [5.41, 5.74) is 2.09. The average Bonchev–Trinajstić information content (AvgIpc) is 3.40. The van der Waals surface area contributed by atoms with Gasteiger partial charge in [-0.15, -0.1) is 5.10 Å². The van der Waals surface area contributed by atoms with Crippen molar-refractivity contribution in [3.63, 3.8) is 0 Å². The second kappa shape index (κ2) is 8.20. The molecule has 28 heavy (non-hydrogen) atoms. The van der Waals surface area contributed by atoms with Gasteiger partial charge >= 0.3 is 0 Å². The number of ether oxygens (including phenoxy) is 3. The molecule has 0 aliphatic carbocycles. The first-order valence-electron chi connectivity index (χ1n) is 8.88. The molecule has 0 bridgehead atoms. The van der Waals surface area contributed by atoms with E-state index in [4.69, 9.17) is 31.7 Å². The Morgan fingerprint density at radius 2 is 2.25 bits per heavy atom. The maximum absolute atomic E-state index is 9.00. The van der Waals surface area contributed by atoms with Crippen LogP contribution in [0.5, 0.6) is 0 Å². The maximum Gasteiger partial charge on any atom is 0.171 e. The van der Waals surface area contributed by atoms with Gasteiger partial charge in [0.05, 0.1) is 43.7 Å². The summed E-state index contributed by atoms with van der Waals surface area (Å²) in [7, 11) is 1.62. The highest BCUT2D eigenvalue weighted by atomic mass is 32.1. The van der Waals surface area contributed by atoms with Gasteiger partial charge in [0, 0.05) is 12.8 Å². The third-order valence-electron chi connectivity index (χ3n) is 4.78. The lowest BCUT2D eigenvalue weighted by atomic mass is 10.1. The van der Waals surface area contributed by atoms with Gasteiger partial charge < -0.3 is 24.8 Å². The van der Waals surface area contributed by atoms with Crippen molar-refractivity contribution in [2.24, 2.45) is 0 Å². The van der Waals surface area contributed by atoms with Gasteiger partial charge in [0.25, 0.3) is 0 Å². The van der Waals surface area contributed by atoms with Crippen LogP contribution < -0.4 is 10.6 Å². The van der Waals surface area contributed by atoms with Gasteiger partial charge in [-0.2, -0.15) is 5.26 Å². The van der Waals surface area contributed by atoms with Crippen LogP contribution in [0.2, 0.25) is 0 Å². The molecule has 2 aliphatic rings. The first-order chi connectivity index (χ1) is 13.7. The van der Waals surface area contributed by atoms with Crippen LogP contribution in [0.1, 0.15) is 17.3 Å². The molecule has 0 radical (unpaired) electrons. The molecule has 9 nitrogen and oxygen atoms in total. The number of benzene rings is 1. The van der Waals surface area contributed by atoms with E-state index < -0.39 is 0 Å². The van der Waals surface area contributed by atoms with Crippen molar-refractivity contribution in [3.8, 4) is 6.07 Å². The van der Waals surface area contributed by atoms with Gasteiger partial charge in [0.15, 0.2) is 5.11 Å². The molecule has 3 heterocycles. The number of nitrogens with zero attached hydrogens (tertiary/aromatic N) is 4. The number of nitrogens with one attached hydrogen (secondary N) is 2. The van der Waals surface area contributed by atoms with E-state index in [1.165, 1.54) is 0 Å². The van der Waals surface area contributed by atoms with E-state index in [1.54, 1.807) is 30.0 Å². The molecule has 2 aliphatic heterocycles. The molecule has 2 saturated heterocycles. The smallest absolute Gasteiger partial charge is 0.171 e. The topological polar surface area (TPSA) is 106 Å². The monoisotopic (exact) mass is 400 g/mol. The number of hydrogen-bond acceptors (Lipinski definition) is 7. The summed E-state index contributed by atoms with van der Waals surface area (Å²) in [4.78, 5) is 0. The van der Waals surface area contributed by atoms with Crippen molar-refractivity contribution in [2.45, 2.75) is 30.9 Å². The third kappa shape index (κ3) is 3.83. The molecule has 0 amide bonds. The van der Waals surface area contributed by atoms with Crippen molar-refractivity contribution in [1.29, 1.82) is 5.26 Å². The van der Waals surface area contributed by atoms with Crippen LogP contribution in [0, 0.1) is 11.3 Å². The number of rotatable bonds is 5. The highest BCUT2D eigenvalue weighted by molar-refractivity contribution is 7.80. The molecular formula is C18H20N6O3S. The van der Waals surface area contributed by atoms with Gasteiger partial charge in [0.1, 0.15) is 23.9 Å². The average molecular weight is 400 g/mol. The van der Waals surface area contributed by atoms with Crippen molar-refractivity contribution >= 4 is 23.0 Å². The fourth-order valence-corrected chi connectivity index (χ4v) is 3.79. The number of thiocarbonyl (C=S) groups is 1. The maximum atomic E-state index is 9.00. The Hall–Kier alpha value is -2.58. The standard InChI is InChI=1S/C18H20N6O3S/c1-25-8-13-7-24(23-22-13)15-10-27-16-14(9-26-17(15)16)21-18(28)20-12-4-2-3-11(5-12)6-19/h2-5,7,14-17H,8-10H2,1H3,(H2,20,21,28)/t14-,15-,16+,17+/m0/s1. The number of hydrogen-bond donors (Lipinski definition) is 2. The lowest BCUT2D eigenvalue weighted by molar-refractivity contribution is 0.0624. The fourth-order valence-electron chi connectivity index (χ4n) is 3.52. The van der Waals surface area contributed by atoms with Gasteiger partial charge in [-0.3, -0.25) is 0 Å². The van der Waals surface area contributed by atoms with E-state index in [1.807, 2.05) is 12.3 Å². The molecule has 10 heteroatoms. The Morgan fingerprint density at radius 3 is 3.07 bits per heavy atom. The Bertz CT molecular complexity index is 897. The zero-order valence-electron chi connectivity index (χ0n) is 15.2. The van der Waals surface area contributed by atoms with E-state index >= 15 is 0 Å². The van der Waals surface area contributed by atoms with E-state index in [-0.39, 0.29) is 24.3 Å². The first kappa shape index (κ1) is 18.8. The summed E-state index contributed by atoms with van der Waals surface area (Å²) in [6, 6.07) is 9.14. The lowest BCUT2D eigenvalue weighted by Crippen LogP contribution is -2.45. The van der Waals surface area contributed by atoms with Crippen LogP contribution in [0.4, 0.5) is 5.69 Å². The van der Waals surface area contributed by atoms with E-state index in [0.29, 0.717) is 30.5 Å². The van der Waals surface area contributed by atoms with Crippen molar-refractivity contribution in [3.05, 3.63) is 41.7 Å². The third-order valence-corrected chi connectivity index (χ3v) is 5.00. The summed E-state index contributed by atoms with van der Waals surface area (Å²) < 4.78 is 18.8. The highest BCUT2D eigenvalue weighted by Crippen LogP contribution is 2.34. The number of fused-ring (bicyclic) bond motifs is 1. The zero-order valence-corrected chi connectivity index (χ0v) is 16.1. The molecule has 4 rings (SSSR count). The van der Waals surface area contributed by atoms with E-state index in [2.05, 4.69) is 27.0 Å². The van der Waals surface area contributed by atoms with Crippen LogP contribution in [0.25, 0.3) is 0 Å². The van der Waals surface area contributed by atoms with Crippen LogP contribution in [0.3, 0.4) is 0 Å². The summed E-state index contributed by atoms with van der Waals surface area (Å²) in [5, 5.41) is 24.1. The number of methoxy groups -OCH3 is 1. The molecule has 0 spiro atoms. The van der Waals surface area contributed by atoms with Gasteiger partial charge in [-0.25, -0.2) is 4.68 Å². The SMILES string of the molecule is COCc1cn([C@H]2CO[C@H]3[C@@H]2OC[C@@H]3NC(=S)Nc2cccc(C#N)c2)nn1. The summed E-state index contributed by atoms with van der Waals surface area (Å²) in [6.45, 7) is 1.39. The summed E-state index contributed by atoms with van der Waals surface area (Å²) >= 11 is 5.41. The van der Waals surface area contributed by atoms with Gasteiger partial charge in [-0.05, 0) is 30.4 Å². The molecule has 0 saturated carbocycles. The van der Waals surface area contributed by atoms with E-state index in [9.17, 15) is 0 Å². The molecule has 2 fully saturated rings. The van der Waals surface area contributed by atoms with Gasteiger partial charge in [0.2, 0.25) is 0 Å². The summed E-state index contributed by atoms with van der Waals surface area (Å²) in [5.74, 6) is 0. The van der Waals surface area contributed by atoms with Crippen molar-refractivity contribution in [2.75, 3.05) is 25.6 Å². The van der Waals surface area contributed by atoms with Crippen molar-refractivity contribution in [1.82, 2.24) is 20.3 Å². The predicted molar refractivity (Wildman–Crippen MR) is 104 cm³/mol. The molecule has 146 valence electrons.